The highest BCUT2D eigenvalue weighted by Crippen LogP contribution is 2.44. The summed E-state index contributed by atoms with van der Waals surface area (Å²) in [6, 6.07) is 0.983. The van der Waals surface area contributed by atoms with Gasteiger partial charge in [0.25, 0.3) is 5.56 Å². The highest BCUT2D eigenvalue weighted by Gasteiger charge is 2.46. The number of nitrogens with zero attached hydrogens (tertiary/aromatic N) is 1. The summed E-state index contributed by atoms with van der Waals surface area (Å²) in [5.74, 6) is -0.478. The van der Waals surface area contributed by atoms with Crippen LogP contribution >= 0.6 is 7.82 Å². The molecule has 5 N–H and O–H groups in total. The number of aliphatic hydroxyl groups is 2. The van der Waals surface area contributed by atoms with Crippen molar-refractivity contribution in [3.8, 4) is 0 Å². The van der Waals surface area contributed by atoms with Crippen molar-refractivity contribution in [1.29, 1.82) is 0 Å². The predicted molar refractivity (Wildman–Crippen MR) is 65.1 cm³/mol. The third kappa shape index (κ3) is 3.23. The second kappa shape index (κ2) is 5.47. The number of aromatic nitrogens is 2. The first-order valence-electron chi connectivity index (χ1n) is 5.47. The van der Waals surface area contributed by atoms with Gasteiger partial charge in [0.15, 0.2) is 11.9 Å². The molecule has 0 aromatic carbocycles. The number of phosphoric ester groups is 1. The fourth-order valence-corrected chi connectivity index (χ4v) is 2.33. The van der Waals surface area contributed by atoms with E-state index >= 15 is 0 Å². The van der Waals surface area contributed by atoms with E-state index in [1.54, 1.807) is 0 Å². The molecule has 0 amide bonds. The topological polar surface area (TPSA) is 171 Å². The van der Waals surface area contributed by atoms with Gasteiger partial charge in [-0.3, -0.25) is 18.9 Å². The largest absolute Gasteiger partial charge is 0.512 e. The summed E-state index contributed by atoms with van der Waals surface area (Å²) < 4.78 is 20.9. The highest BCUT2D eigenvalue weighted by molar-refractivity contribution is 7.46. The number of phosphoric acid groups is 1. The number of hydrogen-bond acceptors (Lipinski definition) is 7. The first-order chi connectivity index (χ1) is 9.73. The molecule has 1 saturated heterocycles. The third-order valence-corrected chi connectivity index (χ3v) is 3.14. The molecule has 0 spiro atoms. The van der Waals surface area contributed by atoms with Gasteiger partial charge in [-0.25, -0.2) is 9.36 Å². The minimum absolute atomic E-state index is 0.347. The number of ether oxygens (including phenoxy) is 1. The molecule has 2 heterocycles. The molecule has 1 aliphatic heterocycles. The third-order valence-electron chi connectivity index (χ3n) is 2.64. The molecule has 3 atom stereocenters. The molecule has 21 heavy (non-hydrogen) atoms. The molecular weight excluding hydrogens is 311 g/mol. The Kier molecular flexibility index (Phi) is 4.03. The molecule has 0 unspecified atom stereocenters. The molecule has 0 saturated carbocycles. The van der Waals surface area contributed by atoms with Gasteiger partial charge in [0, 0.05) is 12.3 Å². The number of aliphatic hydroxyl groups excluding tert-OH is 2. The van der Waals surface area contributed by atoms with Crippen molar-refractivity contribution in [1.82, 2.24) is 9.55 Å². The maximum absolute atomic E-state index is 11.6. The van der Waals surface area contributed by atoms with Crippen molar-refractivity contribution in [3.63, 3.8) is 0 Å². The summed E-state index contributed by atoms with van der Waals surface area (Å²) in [6.45, 7) is 0. The van der Waals surface area contributed by atoms with E-state index in [4.69, 9.17) is 19.6 Å². The summed E-state index contributed by atoms with van der Waals surface area (Å²) in [7, 11) is -4.98. The van der Waals surface area contributed by atoms with Crippen LogP contribution in [0.3, 0.4) is 0 Å². The Balaban J connectivity index is 2.38. The number of aromatic amines is 1. The van der Waals surface area contributed by atoms with E-state index in [1.807, 2.05) is 4.98 Å². The SMILES string of the molecule is O=c1ccn([C@@H]2O/C(=C/O)[C@@H](OP(=O)(O)O)[C@@H]2O)c(=O)[nH]1. The molecule has 1 aromatic heterocycles. The van der Waals surface area contributed by atoms with Gasteiger partial charge in [0.1, 0.15) is 12.4 Å². The Morgan fingerprint density at radius 3 is 2.62 bits per heavy atom. The van der Waals surface area contributed by atoms with Gasteiger partial charge in [-0.15, -0.1) is 0 Å². The van der Waals surface area contributed by atoms with Crippen LogP contribution in [-0.2, 0) is 13.8 Å². The van der Waals surface area contributed by atoms with E-state index in [-0.39, 0.29) is 0 Å². The van der Waals surface area contributed by atoms with Crippen molar-refractivity contribution < 1.29 is 33.8 Å². The molecule has 0 bridgehead atoms. The fourth-order valence-electron chi connectivity index (χ4n) is 1.81. The van der Waals surface area contributed by atoms with Crippen LogP contribution in [0.25, 0.3) is 0 Å². The molecule has 2 rings (SSSR count). The Bertz CT molecular complexity index is 716. The molecule has 1 aromatic rings. The normalized spacial score (nSPS) is 27.8. The first kappa shape index (κ1) is 15.5. The molecule has 12 heteroatoms. The number of nitrogens with one attached hydrogen (secondary N) is 1. The molecule has 1 aliphatic rings. The summed E-state index contributed by atoms with van der Waals surface area (Å²) in [4.78, 5) is 42.0. The maximum atomic E-state index is 11.6. The smallest absolute Gasteiger partial charge is 0.470 e. The van der Waals surface area contributed by atoms with Crippen molar-refractivity contribution in [3.05, 3.63) is 45.1 Å². The lowest BCUT2D eigenvalue weighted by molar-refractivity contribution is -0.0164. The van der Waals surface area contributed by atoms with Gasteiger partial charge in [-0.05, 0) is 0 Å². The summed E-state index contributed by atoms with van der Waals surface area (Å²) >= 11 is 0. The van der Waals surface area contributed by atoms with Gasteiger partial charge >= 0.3 is 13.5 Å². The van der Waals surface area contributed by atoms with Gasteiger partial charge in [0.05, 0.1) is 0 Å². The average molecular weight is 322 g/mol. The van der Waals surface area contributed by atoms with Crippen LogP contribution in [0.2, 0.25) is 0 Å². The van der Waals surface area contributed by atoms with Crippen LogP contribution in [0.15, 0.2) is 33.9 Å². The minimum atomic E-state index is -4.98. The van der Waals surface area contributed by atoms with E-state index in [0.29, 0.717) is 6.26 Å². The number of rotatable bonds is 3. The molecule has 0 aliphatic carbocycles. The van der Waals surface area contributed by atoms with E-state index in [2.05, 4.69) is 4.52 Å². The van der Waals surface area contributed by atoms with E-state index in [1.165, 1.54) is 0 Å². The lowest BCUT2D eigenvalue weighted by Crippen LogP contribution is -2.37. The van der Waals surface area contributed by atoms with Crippen LogP contribution in [0.1, 0.15) is 6.23 Å². The summed E-state index contributed by atoms with van der Waals surface area (Å²) in [6.07, 6.45) is -3.46. The Labute approximate surface area is 115 Å². The zero-order valence-corrected chi connectivity index (χ0v) is 11.1. The first-order valence-corrected chi connectivity index (χ1v) is 7.00. The summed E-state index contributed by atoms with van der Waals surface area (Å²) in [5.41, 5.74) is -1.59. The zero-order valence-electron chi connectivity index (χ0n) is 10.2. The molecular formula is C9H11N2O9P. The maximum Gasteiger partial charge on any atom is 0.470 e. The highest BCUT2D eigenvalue weighted by atomic mass is 31.2. The van der Waals surface area contributed by atoms with Gasteiger partial charge in [0.2, 0.25) is 6.23 Å². The predicted octanol–water partition coefficient (Wildman–Crippen LogP) is -1.70. The lowest BCUT2D eigenvalue weighted by atomic mass is 10.2. The zero-order chi connectivity index (χ0) is 15.8. The molecule has 11 nitrogen and oxygen atoms in total. The molecule has 0 radical (unpaired) electrons. The lowest BCUT2D eigenvalue weighted by Gasteiger charge is -2.17. The van der Waals surface area contributed by atoms with Crippen LogP contribution in [0.5, 0.6) is 0 Å². The second-order valence-corrected chi connectivity index (χ2v) is 5.26. The van der Waals surface area contributed by atoms with Crippen molar-refractivity contribution >= 4 is 7.82 Å². The monoisotopic (exact) mass is 322 g/mol. The van der Waals surface area contributed by atoms with Crippen molar-refractivity contribution in [2.24, 2.45) is 0 Å². The van der Waals surface area contributed by atoms with Crippen LogP contribution in [-0.4, -0.2) is 41.8 Å². The van der Waals surface area contributed by atoms with Crippen LogP contribution < -0.4 is 11.2 Å². The van der Waals surface area contributed by atoms with Crippen LogP contribution in [0, 0.1) is 0 Å². The van der Waals surface area contributed by atoms with E-state index in [0.717, 1.165) is 16.8 Å². The second-order valence-electron chi connectivity index (χ2n) is 4.06. The molecule has 1 fully saturated rings. The Morgan fingerprint density at radius 1 is 1.43 bits per heavy atom. The van der Waals surface area contributed by atoms with Gasteiger partial charge in [-0.1, -0.05) is 0 Å². The van der Waals surface area contributed by atoms with Crippen molar-refractivity contribution in [2.75, 3.05) is 0 Å². The quantitative estimate of drug-likeness (QED) is 0.321. The summed E-state index contributed by atoms with van der Waals surface area (Å²) in [5, 5.41) is 18.9. The van der Waals surface area contributed by atoms with Gasteiger partial charge in [-0.2, -0.15) is 0 Å². The average Bonchev–Trinajstić information content (AvgIpc) is 2.65. The van der Waals surface area contributed by atoms with Crippen molar-refractivity contribution in [2.45, 2.75) is 18.4 Å². The Hall–Kier alpha value is -1.91. The van der Waals surface area contributed by atoms with E-state index < -0.39 is 43.3 Å². The van der Waals surface area contributed by atoms with E-state index in [9.17, 15) is 19.3 Å². The number of hydrogen-bond donors (Lipinski definition) is 5. The van der Waals surface area contributed by atoms with Crippen LogP contribution in [0.4, 0.5) is 0 Å². The Morgan fingerprint density at radius 2 is 2.10 bits per heavy atom. The fraction of sp³-hybridized carbons (Fsp3) is 0.333. The molecule has 116 valence electrons. The van der Waals surface area contributed by atoms with Gasteiger partial charge < -0.3 is 24.7 Å². The number of H-pyrrole nitrogens is 1. The minimum Gasteiger partial charge on any atom is -0.512 e. The standard InChI is InChI=1S/C9H11N2O9P/c12-3-4-7(20-21(16,17)18)6(14)8(19-4)11-2-1-5(13)10-9(11)15/h1-3,6-8,12,14H,(H,10,13,15)(H2,16,17,18)/b4-3+/t6-,7+,8+/m0/s1.